The van der Waals surface area contributed by atoms with Crippen LogP contribution in [-0.4, -0.2) is 17.5 Å². The first-order valence-corrected chi connectivity index (χ1v) is 6.04. The first-order chi connectivity index (χ1) is 7.88. The Labute approximate surface area is 101 Å². The van der Waals surface area contributed by atoms with E-state index >= 15 is 0 Å². The lowest BCUT2D eigenvalue weighted by Gasteiger charge is -2.04. The summed E-state index contributed by atoms with van der Waals surface area (Å²) in [4.78, 5) is 4.08. The lowest BCUT2D eigenvalue weighted by Crippen LogP contribution is -1.98. The van der Waals surface area contributed by atoms with E-state index in [2.05, 4.69) is 16.8 Å². The lowest BCUT2D eigenvalue weighted by atomic mass is 10.3. The van der Waals surface area contributed by atoms with Gasteiger partial charge in [0.05, 0.1) is 18.7 Å². The molecule has 0 unspecified atom stereocenters. The van der Waals surface area contributed by atoms with Crippen molar-refractivity contribution in [1.29, 1.82) is 0 Å². The van der Waals surface area contributed by atoms with E-state index in [0.29, 0.717) is 5.88 Å². The Morgan fingerprint density at radius 1 is 1.44 bits per heavy atom. The maximum absolute atomic E-state index is 5.61. The van der Waals surface area contributed by atoms with Crippen molar-refractivity contribution >= 4 is 11.6 Å². The molecular formula is C13H14ClNO. The van der Waals surface area contributed by atoms with Crippen molar-refractivity contribution in [2.75, 3.05) is 12.5 Å². The summed E-state index contributed by atoms with van der Waals surface area (Å²) in [5.41, 5.74) is 0.851. The van der Waals surface area contributed by atoms with Crippen LogP contribution >= 0.6 is 11.6 Å². The van der Waals surface area contributed by atoms with Crippen LogP contribution in [0.1, 0.15) is 24.8 Å². The van der Waals surface area contributed by atoms with E-state index in [0.717, 1.165) is 30.3 Å². The Hall–Kier alpha value is -1.20. The van der Waals surface area contributed by atoms with Crippen molar-refractivity contribution in [3.63, 3.8) is 0 Å². The second-order valence-corrected chi connectivity index (χ2v) is 4.19. The Bertz CT molecular complexity index is 404. The molecule has 1 aliphatic rings. The van der Waals surface area contributed by atoms with Crippen molar-refractivity contribution in [3.8, 4) is 17.6 Å². The smallest absolute Gasteiger partial charge is 0.138 e. The Morgan fingerprint density at radius 3 is 3.06 bits per heavy atom. The van der Waals surface area contributed by atoms with Gasteiger partial charge in [-0.1, -0.05) is 24.7 Å². The molecule has 1 heterocycles. The Kier molecular flexibility index (Phi) is 4.07. The molecule has 0 atom stereocenters. The molecule has 84 valence electrons. The van der Waals surface area contributed by atoms with E-state index in [1.807, 2.05) is 6.07 Å². The maximum Gasteiger partial charge on any atom is 0.138 e. The number of pyridine rings is 1. The van der Waals surface area contributed by atoms with Gasteiger partial charge in [-0.3, -0.25) is 4.98 Å². The predicted octanol–water partition coefficient (Wildman–Crippen LogP) is 2.85. The first kappa shape index (κ1) is 11.3. The third kappa shape index (κ3) is 3.75. The average Bonchev–Trinajstić information content (AvgIpc) is 3.11. The molecule has 16 heavy (non-hydrogen) atoms. The average molecular weight is 236 g/mol. The molecular weight excluding hydrogens is 222 g/mol. The summed E-state index contributed by atoms with van der Waals surface area (Å²) in [6.07, 6.45) is 7.31. The zero-order valence-corrected chi connectivity index (χ0v) is 9.83. The minimum Gasteiger partial charge on any atom is -0.492 e. The summed E-state index contributed by atoms with van der Waals surface area (Å²) >= 11 is 5.49. The van der Waals surface area contributed by atoms with Crippen LogP contribution < -0.4 is 4.74 Å². The van der Waals surface area contributed by atoms with Gasteiger partial charge in [-0.25, -0.2) is 0 Å². The van der Waals surface area contributed by atoms with Crippen molar-refractivity contribution in [3.05, 3.63) is 24.0 Å². The van der Waals surface area contributed by atoms with Crippen molar-refractivity contribution in [1.82, 2.24) is 4.98 Å². The normalized spacial score (nSPS) is 14.1. The number of halogens is 1. The molecule has 1 aromatic heterocycles. The molecule has 0 N–H and O–H groups in total. The molecule has 3 heteroatoms. The van der Waals surface area contributed by atoms with Crippen LogP contribution in [0.2, 0.25) is 0 Å². The molecule has 1 aromatic rings. The van der Waals surface area contributed by atoms with Crippen molar-refractivity contribution in [2.45, 2.75) is 19.3 Å². The number of hydrogen-bond acceptors (Lipinski definition) is 2. The molecule has 0 saturated heterocycles. The molecule has 2 rings (SSSR count). The zero-order valence-electron chi connectivity index (χ0n) is 9.08. The highest BCUT2D eigenvalue weighted by Crippen LogP contribution is 2.32. The molecule has 0 aromatic carbocycles. The van der Waals surface area contributed by atoms with E-state index in [1.54, 1.807) is 12.4 Å². The highest BCUT2D eigenvalue weighted by Gasteiger charge is 2.20. The molecule has 1 aliphatic carbocycles. The summed E-state index contributed by atoms with van der Waals surface area (Å²) in [5, 5.41) is 0. The monoisotopic (exact) mass is 235 g/mol. The Morgan fingerprint density at radius 2 is 2.31 bits per heavy atom. The van der Waals surface area contributed by atoms with Crippen LogP contribution in [-0.2, 0) is 0 Å². The van der Waals surface area contributed by atoms with E-state index in [1.165, 1.54) is 12.8 Å². The van der Waals surface area contributed by atoms with Gasteiger partial charge in [0.2, 0.25) is 0 Å². The molecule has 0 bridgehead atoms. The summed E-state index contributed by atoms with van der Waals surface area (Å²) < 4.78 is 5.61. The predicted molar refractivity (Wildman–Crippen MR) is 64.7 cm³/mol. The third-order valence-corrected chi connectivity index (χ3v) is 2.64. The molecule has 0 radical (unpaired) electrons. The maximum atomic E-state index is 5.61. The van der Waals surface area contributed by atoms with Gasteiger partial charge in [-0.2, -0.15) is 0 Å². The summed E-state index contributed by atoms with van der Waals surface area (Å²) in [5.74, 6) is 7.75. The highest BCUT2D eigenvalue weighted by atomic mass is 35.5. The lowest BCUT2D eigenvalue weighted by molar-refractivity contribution is 0.301. The molecule has 1 saturated carbocycles. The second kappa shape index (κ2) is 5.77. The van der Waals surface area contributed by atoms with Gasteiger partial charge in [-0.15, -0.1) is 11.6 Å². The van der Waals surface area contributed by atoms with Crippen molar-refractivity contribution < 1.29 is 4.74 Å². The number of ether oxygens (including phenoxy) is 1. The Balaban J connectivity index is 1.87. The fraction of sp³-hybridized carbons (Fsp3) is 0.462. The van der Waals surface area contributed by atoms with E-state index in [-0.39, 0.29) is 0 Å². The van der Waals surface area contributed by atoms with Crippen LogP contribution in [0.4, 0.5) is 0 Å². The quantitative estimate of drug-likeness (QED) is 0.592. The third-order valence-electron chi connectivity index (χ3n) is 2.50. The van der Waals surface area contributed by atoms with Gasteiger partial charge in [0.15, 0.2) is 0 Å². The zero-order chi connectivity index (χ0) is 11.2. The van der Waals surface area contributed by atoms with Gasteiger partial charge < -0.3 is 4.74 Å². The SMILES string of the molecule is ClCC#Cc1cncc(OCCC2CC2)c1. The van der Waals surface area contributed by atoms with Crippen molar-refractivity contribution in [2.24, 2.45) is 5.92 Å². The van der Waals surface area contributed by atoms with Gasteiger partial charge in [-0.05, 0) is 18.4 Å². The molecule has 2 nitrogen and oxygen atoms in total. The number of nitrogens with zero attached hydrogens (tertiary/aromatic N) is 1. The van der Waals surface area contributed by atoms with Crippen LogP contribution in [0.15, 0.2) is 18.5 Å². The number of rotatable bonds is 4. The fourth-order valence-electron chi connectivity index (χ4n) is 1.45. The number of hydrogen-bond donors (Lipinski definition) is 0. The second-order valence-electron chi connectivity index (χ2n) is 3.93. The molecule has 0 aliphatic heterocycles. The van der Waals surface area contributed by atoms with E-state index in [9.17, 15) is 0 Å². The summed E-state index contributed by atoms with van der Waals surface area (Å²) in [7, 11) is 0. The van der Waals surface area contributed by atoms with Gasteiger partial charge in [0.1, 0.15) is 5.75 Å². The number of alkyl halides is 1. The number of aromatic nitrogens is 1. The first-order valence-electron chi connectivity index (χ1n) is 5.51. The van der Waals surface area contributed by atoms with Crippen LogP contribution in [0, 0.1) is 17.8 Å². The van der Waals surface area contributed by atoms with Crippen LogP contribution in [0.3, 0.4) is 0 Å². The minimum atomic E-state index is 0.340. The van der Waals surface area contributed by atoms with Crippen LogP contribution in [0.5, 0.6) is 5.75 Å². The van der Waals surface area contributed by atoms with E-state index < -0.39 is 0 Å². The summed E-state index contributed by atoms with van der Waals surface area (Å²) in [6.45, 7) is 0.777. The fourth-order valence-corrected chi connectivity index (χ4v) is 1.52. The topological polar surface area (TPSA) is 22.1 Å². The molecule has 1 fully saturated rings. The highest BCUT2D eigenvalue weighted by molar-refractivity contribution is 6.19. The van der Waals surface area contributed by atoms with Crippen LogP contribution in [0.25, 0.3) is 0 Å². The van der Waals surface area contributed by atoms with Gasteiger partial charge >= 0.3 is 0 Å². The van der Waals surface area contributed by atoms with Gasteiger partial charge in [0, 0.05) is 11.8 Å². The molecule has 0 spiro atoms. The minimum absolute atomic E-state index is 0.340. The summed E-state index contributed by atoms with van der Waals surface area (Å²) in [6, 6.07) is 1.90. The standard InChI is InChI=1S/C13H14ClNO/c14-6-1-2-12-8-13(10-15-9-12)16-7-5-11-3-4-11/h8-11H,3-7H2. The molecule has 0 amide bonds. The van der Waals surface area contributed by atoms with Gasteiger partial charge in [0.25, 0.3) is 0 Å². The largest absolute Gasteiger partial charge is 0.492 e. The van der Waals surface area contributed by atoms with E-state index in [4.69, 9.17) is 16.3 Å².